The Morgan fingerprint density at radius 1 is 1.26 bits per heavy atom. The van der Waals surface area contributed by atoms with Crippen LogP contribution < -0.4 is 5.32 Å². The molecule has 0 atom stereocenters. The number of H-pyrrole nitrogens is 1. The Morgan fingerprint density at radius 2 is 2.16 bits per heavy atom. The molecular formula is C15H19N3S. The predicted molar refractivity (Wildman–Crippen MR) is 78.6 cm³/mol. The van der Waals surface area contributed by atoms with E-state index >= 15 is 0 Å². The molecule has 3 heterocycles. The molecule has 4 heteroatoms. The normalized spacial score (nSPS) is 19.2. The maximum Gasteiger partial charge on any atom is 0.107 e. The smallest absolute Gasteiger partial charge is 0.107 e. The average molecular weight is 273 g/mol. The van der Waals surface area contributed by atoms with E-state index in [1.54, 1.807) is 0 Å². The lowest BCUT2D eigenvalue weighted by molar-refractivity contribution is 0.368. The Hall–Kier alpha value is -1.13. The van der Waals surface area contributed by atoms with Crippen molar-refractivity contribution >= 4 is 11.3 Å². The van der Waals surface area contributed by atoms with E-state index in [2.05, 4.69) is 21.7 Å². The number of fused-ring (bicyclic) bond motifs is 3. The molecule has 4 rings (SSSR count). The minimum atomic E-state index is 0.802. The van der Waals surface area contributed by atoms with E-state index in [0.29, 0.717) is 0 Å². The maximum absolute atomic E-state index is 4.89. The summed E-state index contributed by atoms with van der Waals surface area (Å²) in [4.78, 5) is 9.98. The molecule has 2 aromatic rings. The van der Waals surface area contributed by atoms with E-state index < -0.39 is 0 Å². The zero-order valence-electron chi connectivity index (χ0n) is 11.0. The van der Waals surface area contributed by atoms with Gasteiger partial charge in [0.2, 0.25) is 0 Å². The number of aromatic amines is 1. The minimum Gasteiger partial charge on any atom is -0.345 e. The maximum atomic E-state index is 4.89. The number of hydrogen-bond donors (Lipinski definition) is 2. The van der Waals surface area contributed by atoms with Gasteiger partial charge in [0.1, 0.15) is 5.82 Å². The lowest BCUT2D eigenvalue weighted by atomic mass is 9.94. The molecule has 2 aliphatic rings. The third-order valence-electron chi connectivity index (χ3n) is 4.37. The number of imidazole rings is 1. The highest BCUT2D eigenvalue weighted by Gasteiger charge is 2.22. The monoisotopic (exact) mass is 273 g/mol. The van der Waals surface area contributed by atoms with Crippen molar-refractivity contribution in [3.8, 4) is 11.3 Å². The number of thiophene rings is 1. The first-order valence-electron chi connectivity index (χ1n) is 7.25. The van der Waals surface area contributed by atoms with Crippen molar-refractivity contribution in [2.45, 2.75) is 32.1 Å². The summed E-state index contributed by atoms with van der Waals surface area (Å²) in [5.74, 6) is 2.01. The third kappa shape index (κ3) is 2.13. The molecule has 1 aliphatic heterocycles. The van der Waals surface area contributed by atoms with Crippen LogP contribution in [0, 0.1) is 5.92 Å². The number of aromatic nitrogens is 2. The highest BCUT2D eigenvalue weighted by atomic mass is 32.1. The van der Waals surface area contributed by atoms with Gasteiger partial charge in [0.05, 0.1) is 5.69 Å². The summed E-state index contributed by atoms with van der Waals surface area (Å²) in [6, 6.07) is 2.23. The van der Waals surface area contributed by atoms with Gasteiger partial charge in [-0.25, -0.2) is 4.98 Å². The minimum absolute atomic E-state index is 0.802. The quantitative estimate of drug-likeness (QED) is 0.883. The highest BCUT2D eigenvalue weighted by molar-refractivity contribution is 7.10. The van der Waals surface area contributed by atoms with Gasteiger partial charge >= 0.3 is 0 Å². The second kappa shape index (κ2) is 4.76. The number of nitrogens with zero attached hydrogens (tertiary/aromatic N) is 1. The molecule has 3 nitrogen and oxygen atoms in total. The predicted octanol–water partition coefficient (Wildman–Crippen LogP) is 2.78. The molecule has 19 heavy (non-hydrogen) atoms. The standard InChI is InChI=1S/C15H19N3S/c1-2-13-11(5-8-19-13)15-12(1)17-14(18-15)9-10-3-6-16-7-4-10/h5,8,10,16H,1-4,6-7,9H2,(H,17,18). The zero-order chi connectivity index (χ0) is 12.7. The molecular weight excluding hydrogens is 254 g/mol. The van der Waals surface area contributed by atoms with E-state index in [0.717, 1.165) is 18.8 Å². The zero-order valence-corrected chi connectivity index (χ0v) is 11.9. The molecule has 0 saturated carbocycles. The van der Waals surface area contributed by atoms with Crippen LogP contribution in [0.3, 0.4) is 0 Å². The fourth-order valence-electron chi connectivity index (χ4n) is 3.31. The number of nitrogens with one attached hydrogen (secondary N) is 2. The summed E-state index contributed by atoms with van der Waals surface area (Å²) in [6.45, 7) is 2.33. The molecule has 2 aromatic heterocycles. The summed E-state index contributed by atoms with van der Waals surface area (Å²) >= 11 is 1.87. The molecule has 0 unspecified atom stereocenters. The first kappa shape index (κ1) is 11.7. The van der Waals surface area contributed by atoms with Crippen LogP contribution in [0.1, 0.15) is 29.2 Å². The van der Waals surface area contributed by atoms with Crippen LogP contribution in [0.15, 0.2) is 11.4 Å². The Bertz CT molecular complexity index is 578. The molecule has 1 aliphatic carbocycles. The second-order valence-corrected chi connectivity index (χ2v) is 6.67. The molecule has 1 saturated heterocycles. The van der Waals surface area contributed by atoms with Crippen LogP contribution >= 0.6 is 11.3 Å². The van der Waals surface area contributed by atoms with Gasteiger partial charge < -0.3 is 10.3 Å². The lowest BCUT2D eigenvalue weighted by Crippen LogP contribution is -2.28. The third-order valence-corrected chi connectivity index (χ3v) is 5.35. The molecule has 1 fully saturated rings. The molecule has 0 amide bonds. The van der Waals surface area contributed by atoms with E-state index in [4.69, 9.17) is 4.98 Å². The van der Waals surface area contributed by atoms with Gasteiger partial charge in [0.25, 0.3) is 0 Å². The van der Waals surface area contributed by atoms with Gasteiger partial charge in [0, 0.05) is 22.6 Å². The first-order chi connectivity index (χ1) is 9.40. The molecule has 2 N–H and O–H groups in total. The Labute approximate surface area is 117 Å². The van der Waals surface area contributed by atoms with Gasteiger partial charge in [-0.3, -0.25) is 0 Å². The lowest BCUT2D eigenvalue weighted by Gasteiger charge is -2.21. The summed E-state index contributed by atoms with van der Waals surface area (Å²) < 4.78 is 0. The average Bonchev–Trinajstić information content (AvgIpc) is 3.04. The van der Waals surface area contributed by atoms with Gasteiger partial charge in [-0.15, -0.1) is 11.3 Å². The number of rotatable bonds is 2. The molecule has 0 radical (unpaired) electrons. The van der Waals surface area contributed by atoms with Crippen molar-refractivity contribution in [1.82, 2.24) is 15.3 Å². The number of hydrogen-bond acceptors (Lipinski definition) is 3. The Kier molecular flexibility index (Phi) is 2.93. The van der Waals surface area contributed by atoms with Crippen LogP contribution in [-0.2, 0) is 19.3 Å². The fraction of sp³-hybridized carbons (Fsp3) is 0.533. The first-order valence-corrected chi connectivity index (χ1v) is 8.13. The summed E-state index contributed by atoms with van der Waals surface area (Å²) in [5.41, 5.74) is 3.96. The second-order valence-electron chi connectivity index (χ2n) is 5.67. The van der Waals surface area contributed by atoms with E-state index in [1.165, 1.54) is 60.0 Å². The summed E-state index contributed by atoms with van der Waals surface area (Å²) in [6.07, 6.45) is 6.00. The largest absolute Gasteiger partial charge is 0.345 e. The van der Waals surface area contributed by atoms with Crippen molar-refractivity contribution in [3.05, 3.63) is 27.8 Å². The fourth-order valence-corrected chi connectivity index (χ4v) is 4.19. The molecule has 0 bridgehead atoms. The van der Waals surface area contributed by atoms with Gasteiger partial charge in [-0.05, 0) is 56.1 Å². The van der Waals surface area contributed by atoms with E-state index in [-0.39, 0.29) is 0 Å². The van der Waals surface area contributed by atoms with Crippen molar-refractivity contribution < 1.29 is 0 Å². The van der Waals surface area contributed by atoms with Crippen LogP contribution in [-0.4, -0.2) is 23.1 Å². The molecule has 100 valence electrons. The highest BCUT2D eigenvalue weighted by Crippen LogP contribution is 2.35. The SMILES string of the molecule is c1cc2c(s1)CCc1[nH]c(CC3CCNCC3)nc1-2. The van der Waals surface area contributed by atoms with Crippen molar-refractivity contribution in [3.63, 3.8) is 0 Å². The van der Waals surface area contributed by atoms with Crippen molar-refractivity contribution in [2.75, 3.05) is 13.1 Å². The van der Waals surface area contributed by atoms with Crippen LogP contribution in [0.25, 0.3) is 11.3 Å². The van der Waals surface area contributed by atoms with Crippen LogP contribution in [0.5, 0.6) is 0 Å². The summed E-state index contributed by atoms with van der Waals surface area (Å²) in [5, 5.41) is 5.63. The van der Waals surface area contributed by atoms with Gasteiger partial charge in [-0.1, -0.05) is 0 Å². The number of aryl methyl sites for hydroxylation is 2. The molecule has 0 spiro atoms. The number of piperidine rings is 1. The van der Waals surface area contributed by atoms with Gasteiger partial charge in [0.15, 0.2) is 0 Å². The molecule has 0 aromatic carbocycles. The topological polar surface area (TPSA) is 40.7 Å². The van der Waals surface area contributed by atoms with E-state index in [9.17, 15) is 0 Å². The summed E-state index contributed by atoms with van der Waals surface area (Å²) in [7, 11) is 0. The van der Waals surface area contributed by atoms with Crippen LogP contribution in [0.2, 0.25) is 0 Å². The van der Waals surface area contributed by atoms with Gasteiger partial charge in [-0.2, -0.15) is 0 Å². The van der Waals surface area contributed by atoms with Crippen molar-refractivity contribution in [2.24, 2.45) is 5.92 Å². The van der Waals surface area contributed by atoms with E-state index in [1.807, 2.05) is 11.3 Å². The van der Waals surface area contributed by atoms with Crippen LogP contribution in [0.4, 0.5) is 0 Å². The Morgan fingerprint density at radius 3 is 3.05 bits per heavy atom. The van der Waals surface area contributed by atoms with Crippen molar-refractivity contribution in [1.29, 1.82) is 0 Å². The Balaban J connectivity index is 1.59.